The van der Waals surface area contributed by atoms with E-state index < -0.39 is 0 Å². The molecule has 0 atom stereocenters. The zero-order valence-electron chi connectivity index (χ0n) is 25.2. The minimum atomic E-state index is -0.339. The van der Waals surface area contributed by atoms with Gasteiger partial charge in [-0.05, 0) is 65.4 Å². The number of carbonyl (C=O) groups is 2. The van der Waals surface area contributed by atoms with Gasteiger partial charge in [0.25, 0.3) is 5.91 Å². The lowest BCUT2D eigenvalue weighted by atomic mass is 10.0. The van der Waals surface area contributed by atoms with Crippen LogP contribution in [0.1, 0.15) is 20.7 Å². The number of nitrogens with one attached hydrogen (secondary N) is 1. The number of rotatable bonds is 5. The minimum Gasteiger partial charge on any atom is -0.322 e. The normalized spacial score (nSPS) is 11.6. The smallest absolute Gasteiger partial charge is 0.258 e. The molecule has 0 saturated heterocycles. The van der Waals surface area contributed by atoms with E-state index in [0.29, 0.717) is 22.5 Å². The Morgan fingerprint density at radius 1 is 0.532 bits per heavy atom. The number of aldehydes is 1. The summed E-state index contributed by atoms with van der Waals surface area (Å²) in [4.78, 5) is 26.3. The number of carbonyl (C=O) groups excluding carboxylic acids is 2. The summed E-state index contributed by atoms with van der Waals surface area (Å²) in [6.45, 7) is 0. The molecule has 0 unspecified atom stereocenters. The molecule has 0 aliphatic heterocycles. The van der Waals surface area contributed by atoms with Gasteiger partial charge in [0.2, 0.25) is 0 Å². The molecule has 1 amide bonds. The van der Waals surface area contributed by atoms with E-state index in [2.05, 4.69) is 112 Å². The van der Waals surface area contributed by atoms with Crippen LogP contribution in [0, 0.1) is 0 Å². The molecular weight excluding hydrogens is 578 g/mol. The monoisotopic (exact) mass is 605 g/mol. The van der Waals surface area contributed by atoms with Crippen molar-refractivity contribution in [2.75, 3.05) is 5.32 Å². The summed E-state index contributed by atoms with van der Waals surface area (Å²) in [6.07, 6.45) is 0.757. The van der Waals surface area contributed by atoms with Crippen molar-refractivity contribution in [3.63, 3.8) is 0 Å². The van der Waals surface area contributed by atoms with Crippen molar-refractivity contribution >= 4 is 72.3 Å². The van der Waals surface area contributed by atoms with Crippen molar-refractivity contribution in [3.8, 4) is 11.4 Å². The maximum absolute atomic E-state index is 13.9. The molecule has 0 aliphatic rings. The largest absolute Gasteiger partial charge is 0.322 e. The van der Waals surface area contributed by atoms with Crippen LogP contribution in [0.15, 0.2) is 152 Å². The fourth-order valence-electron chi connectivity index (χ4n) is 7.18. The first-order chi connectivity index (χ1) is 23.2. The molecule has 9 aromatic rings. The minimum absolute atomic E-state index is 0.327. The molecule has 47 heavy (non-hydrogen) atoms. The lowest BCUT2D eigenvalue weighted by Gasteiger charge is -2.15. The fraction of sp³-hybridized carbons (Fsp3) is 0. The van der Waals surface area contributed by atoms with E-state index in [4.69, 9.17) is 0 Å². The van der Waals surface area contributed by atoms with E-state index in [1.807, 2.05) is 48.5 Å². The van der Waals surface area contributed by atoms with Gasteiger partial charge in [-0.25, -0.2) is 0 Å². The molecule has 2 aromatic heterocycles. The third-order valence-corrected chi connectivity index (χ3v) is 9.16. The van der Waals surface area contributed by atoms with Crippen LogP contribution in [0.4, 0.5) is 5.69 Å². The highest BCUT2D eigenvalue weighted by molar-refractivity contribution is 6.29. The van der Waals surface area contributed by atoms with Crippen molar-refractivity contribution in [2.24, 2.45) is 0 Å². The number of amides is 1. The summed E-state index contributed by atoms with van der Waals surface area (Å²) >= 11 is 0. The van der Waals surface area contributed by atoms with Gasteiger partial charge in [0.15, 0.2) is 6.29 Å². The molecule has 1 N–H and O–H groups in total. The Morgan fingerprint density at radius 3 is 1.87 bits per heavy atom. The first-order valence-corrected chi connectivity index (χ1v) is 15.6. The van der Waals surface area contributed by atoms with Gasteiger partial charge >= 0.3 is 0 Å². The Bertz CT molecular complexity index is 2700. The highest BCUT2D eigenvalue weighted by Crippen LogP contribution is 2.43. The van der Waals surface area contributed by atoms with Gasteiger partial charge < -0.3 is 14.5 Å². The van der Waals surface area contributed by atoms with Gasteiger partial charge in [-0.3, -0.25) is 9.59 Å². The van der Waals surface area contributed by atoms with Gasteiger partial charge in [0, 0.05) is 38.5 Å². The maximum atomic E-state index is 13.9. The van der Waals surface area contributed by atoms with E-state index in [1.54, 1.807) is 6.07 Å². The Balaban J connectivity index is 1.36. The molecule has 0 aliphatic carbocycles. The molecule has 9 rings (SSSR count). The zero-order valence-corrected chi connectivity index (χ0v) is 25.2. The summed E-state index contributed by atoms with van der Waals surface area (Å²) in [6, 6.07) is 50.9. The van der Waals surface area contributed by atoms with Gasteiger partial charge in [0.1, 0.15) is 0 Å². The standard InChI is InChI=1S/C42H27N3O2/c46-26-29-13-10-20-36(39(29)42(47)43-30-14-2-1-3-15-30)45-35-19-9-7-17-33(35)41-38(45)24-23-37-40(41)32-16-6-8-18-34(32)44(37)31-22-21-27-11-4-5-12-28(27)25-31/h1-26H,(H,43,47). The van der Waals surface area contributed by atoms with Crippen LogP contribution >= 0.6 is 0 Å². The molecule has 0 fully saturated rings. The van der Waals surface area contributed by atoms with E-state index in [-0.39, 0.29) is 5.91 Å². The highest BCUT2D eigenvalue weighted by atomic mass is 16.2. The zero-order chi connectivity index (χ0) is 31.5. The lowest BCUT2D eigenvalue weighted by Crippen LogP contribution is -2.17. The average Bonchev–Trinajstić information content (AvgIpc) is 3.64. The molecular formula is C42H27N3O2. The summed E-state index contributed by atoms with van der Waals surface area (Å²) in [5.74, 6) is -0.339. The Labute approximate surface area is 269 Å². The number of anilines is 1. The highest BCUT2D eigenvalue weighted by Gasteiger charge is 2.24. The molecule has 5 nitrogen and oxygen atoms in total. The van der Waals surface area contributed by atoms with Crippen LogP contribution in [-0.4, -0.2) is 21.3 Å². The molecule has 0 spiro atoms. The lowest BCUT2D eigenvalue weighted by molar-refractivity contribution is 0.101. The number of aromatic nitrogens is 2. The first-order valence-electron chi connectivity index (χ1n) is 15.6. The van der Waals surface area contributed by atoms with Crippen molar-refractivity contribution in [3.05, 3.63) is 163 Å². The van der Waals surface area contributed by atoms with Gasteiger partial charge in [-0.2, -0.15) is 0 Å². The number of para-hydroxylation sites is 3. The van der Waals surface area contributed by atoms with Crippen LogP contribution in [0.25, 0.3) is 65.8 Å². The van der Waals surface area contributed by atoms with E-state index in [1.165, 1.54) is 10.8 Å². The van der Waals surface area contributed by atoms with Gasteiger partial charge in [-0.1, -0.05) is 97.1 Å². The quantitative estimate of drug-likeness (QED) is 0.199. The average molecular weight is 606 g/mol. The first kappa shape index (κ1) is 26.9. The van der Waals surface area contributed by atoms with Crippen LogP contribution < -0.4 is 5.32 Å². The van der Waals surface area contributed by atoms with Gasteiger partial charge in [-0.15, -0.1) is 0 Å². The number of hydrogen-bond donors (Lipinski definition) is 1. The summed E-state index contributed by atoms with van der Waals surface area (Å²) < 4.78 is 4.47. The number of fused-ring (bicyclic) bond motifs is 8. The second-order valence-electron chi connectivity index (χ2n) is 11.8. The summed E-state index contributed by atoms with van der Waals surface area (Å²) in [5.41, 5.74) is 7.18. The SMILES string of the molecule is O=Cc1cccc(-n2c3ccccc3c3c4c5ccccc5n(-c5ccc6ccccc6c5)c4ccc32)c1C(=O)Nc1ccccc1. The Hall–Kier alpha value is -6.46. The maximum Gasteiger partial charge on any atom is 0.258 e. The fourth-order valence-corrected chi connectivity index (χ4v) is 7.18. The van der Waals surface area contributed by atoms with Gasteiger partial charge in [0.05, 0.1) is 33.3 Å². The van der Waals surface area contributed by atoms with Crippen LogP contribution in [0.3, 0.4) is 0 Å². The Kier molecular flexibility index (Phi) is 6.05. The predicted molar refractivity (Wildman–Crippen MR) is 192 cm³/mol. The number of nitrogens with zero attached hydrogens (tertiary/aromatic N) is 2. The topological polar surface area (TPSA) is 56.0 Å². The van der Waals surface area contributed by atoms with Crippen molar-refractivity contribution in [2.45, 2.75) is 0 Å². The molecule has 5 heteroatoms. The van der Waals surface area contributed by atoms with E-state index >= 15 is 0 Å². The van der Waals surface area contributed by atoms with E-state index in [0.717, 1.165) is 55.6 Å². The van der Waals surface area contributed by atoms with Crippen LogP contribution in [-0.2, 0) is 0 Å². The molecule has 0 bridgehead atoms. The van der Waals surface area contributed by atoms with E-state index in [9.17, 15) is 9.59 Å². The number of hydrogen-bond acceptors (Lipinski definition) is 2. The molecule has 7 aromatic carbocycles. The Morgan fingerprint density at radius 2 is 1.15 bits per heavy atom. The second-order valence-corrected chi connectivity index (χ2v) is 11.8. The third kappa shape index (κ3) is 4.10. The third-order valence-electron chi connectivity index (χ3n) is 9.16. The molecule has 0 saturated carbocycles. The van der Waals surface area contributed by atoms with Crippen molar-refractivity contribution in [1.29, 1.82) is 0 Å². The van der Waals surface area contributed by atoms with Crippen molar-refractivity contribution in [1.82, 2.24) is 9.13 Å². The molecule has 222 valence electrons. The van der Waals surface area contributed by atoms with Crippen LogP contribution in [0.5, 0.6) is 0 Å². The molecule has 0 radical (unpaired) electrons. The second kappa shape index (κ2) is 10.6. The van der Waals surface area contributed by atoms with Crippen LogP contribution in [0.2, 0.25) is 0 Å². The summed E-state index contributed by atoms with van der Waals surface area (Å²) in [7, 11) is 0. The molecule has 2 heterocycles. The number of benzene rings is 7. The summed E-state index contributed by atoms with van der Waals surface area (Å²) in [5, 5.41) is 9.85. The predicted octanol–water partition coefficient (Wildman–Crippen LogP) is 10.1. The van der Waals surface area contributed by atoms with Crippen molar-refractivity contribution < 1.29 is 9.59 Å².